The van der Waals surface area contributed by atoms with E-state index in [4.69, 9.17) is 0 Å². The van der Waals surface area contributed by atoms with E-state index in [1.807, 2.05) is 18.2 Å². The van der Waals surface area contributed by atoms with E-state index in [2.05, 4.69) is 15.4 Å². The largest absolute Gasteiger partial charge is 0.416 e. The maximum atomic E-state index is 12.5. The highest BCUT2D eigenvalue weighted by atomic mass is 19.4. The molecule has 0 atom stereocenters. The van der Waals surface area contributed by atoms with Crippen molar-refractivity contribution in [1.82, 2.24) is 14.8 Å². The van der Waals surface area contributed by atoms with Crippen LogP contribution in [0.3, 0.4) is 0 Å². The van der Waals surface area contributed by atoms with Gasteiger partial charge in [0.2, 0.25) is 5.82 Å². The van der Waals surface area contributed by atoms with Gasteiger partial charge in [-0.15, -0.1) is 5.10 Å². The fourth-order valence-electron chi connectivity index (χ4n) is 2.00. The third-order valence-electron chi connectivity index (χ3n) is 3.19. The number of aromatic nitrogens is 3. The Bertz CT molecular complexity index is 842. The van der Waals surface area contributed by atoms with Crippen molar-refractivity contribution < 1.29 is 18.0 Å². The lowest BCUT2D eigenvalue weighted by Crippen LogP contribution is -2.14. The summed E-state index contributed by atoms with van der Waals surface area (Å²) in [4.78, 5) is 16.0. The van der Waals surface area contributed by atoms with Crippen molar-refractivity contribution in [2.24, 2.45) is 0 Å². The van der Waals surface area contributed by atoms with E-state index in [9.17, 15) is 18.0 Å². The SMILES string of the molecule is O=C(Nc1ccc(C(F)(F)F)cc1)c1ncn(-c2ccccc2)n1. The zero-order valence-electron chi connectivity index (χ0n) is 12.2. The van der Waals surface area contributed by atoms with Crippen LogP contribution >= 0.6 is 0 Å². The van der Waals surface area contributed by atoms with Gasteiger partial charge < -0.3 is 5.32 Å². The highest BCUT2D eigenvalue weighted by molar-refractivity contribution is 6.01. The van der Waals surface area contributed by atoms with Crippen LogP contribution in [0.1, 0.15) is 16.2 Å². The highest BCUT2D eigenvalue weighted by Gasteiger charge is 2.30. The first kappa shape index (κ1) is 15.7. The summed E-state index contributed by atoms with van der Waals surface area (Å²) in [6.07, 6.45) is -3.03. The molecule has 0 aliphatic carbocycles. The number of halogens is 3. The van der Waals surface area contributed by atoms with Gasteiger partial charge in [-0.1, -0.05) is 18.2 Å². The molecule has 0 unspecified atom stereocenters. The van der Waals surface area contributed by atoms with E-state index in [1.54, 1.807) is 12.1 Å². The third-order valence-corrected chi connectivity index (χ3v) is 3.19. The van der Waals surface area contributed by atoms with E-state index in [0.717, 1.165) is 17.8 Å². The van der Waals surface area contributed by atoms with Crippen molar-refractivity contribution >= 4 is 11.6 Å². The molecule has 1 heterocycles. The first-order valence-electron chi connectivity index (χ1n) is 6.89. The molecule has 2 aromatic carbocycles. The second kappa shape index (κ2) is 6.15. The Morgan fingerprint density at radius 3 is 2.29 bits per heavy atom. The van der Waals surface area contributed by atoms with Gasteiger partial charge in [-0.2, -0.15) is 13.2 Å². The van der Waals surface area contributed by atoms with Crippen LogP contribution in [0.15, 0.2) is 60.9 Å². The molecule has 0 aliphatic heterocycles. The number of hydrogen-bond acceptors (Lipinski definition) is 3. The molecule has 3 rings (SSSR count). The van der Waals surface area contributed by atoms with Gasteiger partial charge in [0.1, 0.15) is 6.33 Å². The number of carbonyl (C=O) groups excluding carboxylic acids is 1. The van der Waals surface area contributed by atoms with E-state index in [-0.39, 0.29) is 11.5 Å². The minimum Gasteiger partial charge on any atom is -0.319 e. The van der Waals surface area contributed by atoms with Gasteiger partial charge in [-0.3, -0.25) is 4.79 Å². The number of carbonyl (C=O) groups is 1. The monoisotopic (exact) mass is 332 g/mol. The molecule has 0 saturated heterocycles. The molecule has 0 saturated carbocycles. The number of hydrogen-bond donors (Lipinski definition) is 1. The van der Waals surface area contributed by atoms with Crippen molar-refractivity contribution in [2.75, 3.05) is 5.32 Å². The van der Waals surface area contributed by atoms with E-state index >= 15 is 0 Å². The Morgan fingerprint density at radius 1 is 1.00 bits per heavy atom. The first-order valence-corrected chi connectivity index (χ1v) is 6.89. The van der Waals surface area contributed by atoms with Crippen molar-refractivity contribution in [3.8, 4) is 5.69 Å². The van der Waals surface area contributed by atoms with Gasteiger partial charge in [-0.05, 0) is 36.4 Å². The number of benzene rings is 2. The lowest BCUT2D eigenvalue weighted by molar-refractivity contribution is -0.137. The second-order valence-electron chi connectivity index (χ2n) is 4.88. The molecule has 0 radical (unpaired) electrons. The first-order chi connectivity index (χ1) is 11.4. The Labute approximate surface area is 134 Å². The van der Waals surface area contributed by atoms with Crippen LogP contribution in [0.2, 0.25) is 0 Å². The Balaban J connectivity index is 1.73. The van der Waals surface area contributed by atoms with Crippen LogP contribution in [0.25, 0.3) is 5.69 Å². The van der Waals surface area contributed by atoms with Crippen LogP contribution in [0.4, 0.5) is 18.9 Å². The minimum atomic E-state index is -4.42. The number of amides is 1. The minimum absolute atomic E-state index is 0.0845. The maximum Gasteiger partial charge on any atom is 0.416 e. The fraction of sp³-hybridized carbons (Fsp3) is 0.0625. The standard InChI is InChI=1S/C16H11F3N4O/c17-16(18,19)11-6-8-12(9-7-11)21-15(24)14-20-10-23(22-14)13-4-2-1-3-5-13/h1-10H,(H,21,24). The summed E-state index contributed by atoms with van der Waals surface area (Å²) in [7, 11) is 0. The summed E-state index contributed by atoms with van der Waals surface area (Å²) in [5.41, 5.74) is 0.176. The Morgan fingerprint density at radius 2 is 1.67 bits per heavy atom. The number of nitrogens with zero attached hydrogens (tertiary/aromatic N) is 3. The summed E-state index contributed by atoms with van der Waals surface area (Å²) in [6.45, 7) is 0. The Kier molecular flexibility index (Phi) is 4.03. The number of alkyl halides is 3. The zero-order chi connectivity index (χ0) is 17.2. The van der Waals surface area contributed by atoms with Crippen molar-refractivity contribution in [2.45, 2.75) is 6.18 Å². The Hall–Kier alpha value is -3.16. The van der Waals surface area contributed by atoms with E-state index < -0.39 is 17.6 Å². The number of anilines is 1. The lowest BCUT2D eigenvalue weighted by atomic mass is 10.2. The van der Waals surface area contributed by atoms with Gasteiger partial charge in [0, 0.05) is 5.69 Å². The topological polar surface area (TPSA) is 59.8 Å². The summed E-state index contributed by atoms with van der Waals surface area (Å²) >= 11 is 0. The maximum absolute atomic E-state index is 12.5. The van der Waals surface area contributed by atoms with Gasteiger partial charge in [0.05, 0.1) is 11.3 Å². The summed E-state index contributed by atoms with van der Waals surface area (Å²) in [6, 6.07) is 13.2. The summed E-state index contributed by atoms with van der Waals surface area (Å²) < 4.78 is 38.9. The molecular formula is C16H11F3N4O. The molecule has 24 heavy (non-hydrogen) atoms. The molecule has 0 bridgehead atoms. The number of para-hydroxylation sites is 1. The molecule has 5 nitrogen and oxygen atoms in total. The van der Waals surface area contributed by atoms with Crippen LogP contribution in [0, 0.1) is 0 Å². The quantitative estimate of drug-likeness (QED) is 0.798. The third kappa shape index (κ3) is 3.43. The van der Waals surface area contributed by atoms with Gasteiger partial charge in [0.25, 0.3) is 5.91 Å². The summed E-state index contributed by atoms with van der Waals surface area (Å²) in [5, 5.41) is 6.50. The highest BCUT2D eigenvalue weighted by Crippen LogP contribution is 2.29. The van der Waals surface area contributed by atoms with Crippen molar-refractivity contribution in [3.63, 3.8) is 0 Å². The molecule has 1 amide bonds. The molecule has 0 spiro atoms. The molecule has 3 aromatic rings. The molecule has 0 aliphatic rings. The lowest BCUT2D eigenvalue weighted by Gasteiger charge is -2.07. The zero-order valence-corrected chi connectivity index (χ0v) is 12.2. The van der Waals surface area contributed by atoms with Gasteiger partial charge >= 0.3 is 6.18 Å². The molecule has 1 N–H and O–H groups in total. The van der Waals surface area contributed by atoms with Gasteiger partial charge in [-0.25, -0.2) is 9.67 Å². The van der Waals surface area contributed by atoms with Crippen molar-refractivity contribution in [3.05, 3.63) is 72.3 Å². The van der Waals surface area contributed by atoms with Crippen molar-refractivity contribution in [1.29, 1.82) is 0 Å². The molecular weight excluding hydrogens is 321 g/mol. The predicted octanol–water partition coefficient (Wildman–Crippen LogP) is 3.54. The second-order valence-corrected chi connectivity index (χ2v) is 4.88. The van der Waals surface area contributed by atoms with Gasteiger partial charge in [0.15, 0.2) is 0 Å². The molecule has 1 aromatic heterocycles. The predicted molar refractivity (Wildman–Crippen MR) is 80.8 cm³/mol. The van der Waals surface area contributed by atoms with Crippen LogP contribution < -0.4 is 5.32 Å². The molecule has 8 heteroatoms. The normalized spacial score (nSPS) is 11.3. The van der Waals surface area contributed by atoms with Crippen LogP contribution in [-0.4, -0.2) is 20.7 Å². The smallest absolute Gasteiger partial charge is 0.319 e. The van der Waals surface area contributed by atoms with Crippen LogP contribution in [0.5, 0.6) is 0 Å². The number of nitrogens with one attached hydrogen (secondary N) is 1. The number of rotatable bonds is 3. The molecule has 0 fully saturated rings. The van der Waals surface area contributed by atoms with E-state index in [0.29, 0.717) is 0 Å². The summed E-state index contributed by atoms with van der Waals surface area (Å²) in [5.74, 6) is -0.691. The average molecular weight is 332 g/mol. The fourth-order valence-corrected chi connectivity index (χ4v) is 2.00. The van der Waals surface area contributed by atoms with E-state index in [1.165, 1.54) is 23.1 Å². The molecule has 122 valence electrons. The van der Waals surface area contributed by atoms with Crippen LogP contribution in [-0.2, 0) is 6.18 Å². The average Bonchev–Trinajstić information content (AvgIpc) is 3.05.